The lowest BCUT2D eigenvalue weighted by molar-refractivity contribution is -0.185. The van der Waals surface area contributed by atoms with Crippen LogP contribution in [-0.2, 0) is 14.4 Å². The molecule has 0 aliphatic heterocycles. The second-order valence-corrected chi connectivity index (χ2v) is 8.66. The molecule has 0 rings (SSSR count). The Balaban J connectivity index is 6.35. The largest absolute Gasteiger partial charge is 0.480 e. The molecule has 0 heterocycles. The molecule has 0 saturated carbocycles. The fourth-order valence-corrected chi connectivity index (χ4v) is 4.42. The van der Waals surface area contributed by atoms with Gasteiger partial charge in [0.15, 0.2) is 0 Å². The third-order valence-electron chi connectivity index (χ3n) is 5.29. The third-order valence-corrected chi connectivity index (χ3v) is 5.29. The Hall–Kier alpha value is -1.67. The molecular formula is C17H32N2O6. The fraction of sp³-hybridized carbons (Fsp3) is 0.824. The number of hydrogen-bond acceptors (Lipinski definition) is 5. The molecule has 1 atom stereocenters. The van der Waals surface area contributed by atoms with Crippen molar-refractivity contribution in [3.63, 3.8) is 0 Å². The number of rotatable bonds is 8. The second kappa shape index (κ2) is 7.29. The summed E-state index contributed by atoms with van der Waals surface area (Å²) < 4.78 is 0. The minimum Gasteiger partial charge on any atom is -0.480 e. The van der Waals surface area contributed by atoms with E-state index in [4.69, 9.17) is 16.6 Å². The first-order valence-electron chi connectivity index (χ1n) is 8.21. The molecule has 0 aromatic carbocycles. The van der Waals surface area contributed by atoms with Gasteiger partial charge in [0.1, 0.15) is 6.04 Å². The first-order valence-corrected chi connectivity index (χ1v) is 8.21. The van der Waals surface area contributed by atoms with E-state index in [0.717, 1.165) is 0 Å². The van der Waals surface area contributed by atoms with Crippen LogP contribution in [0.5, 0.6) is 0 Å². The van der Waals surface area contributed by atoms with Crippen molar-refractivity contribution in [1.29, 1.82) is 0 Å². The molecule has 0 aromatic heterocycles. The van der Waals surface area contributed by atoms with Gasteiger partial charge < -0.3 is 26.8 Å². The van der Waals surface area contributed by atoms with Gasteiger partial charge in [-0.1, -0.05) is 48.0 Å². The van der Waals surface area contributed by atoms with Crippen molar-refractivity contribution in [2.24, 2.45) is 27.7 Å². The zero-order valence-electron chi connectivity index (χ0n) is 15.9. The van der Waals surface area contributed by atoms with Gasteiger partial charge in [-0.15, -0.1) is 0 Å². The number of carbonyl (C=O) groups is 3. The van der Waals surface area contributed by atoms with Crippen molar-refractivity contribution in [2.75, 3.05) is 0 Å². The monoisotopic (exact) mass is 360 g/mol. The first-order chi connectivity index (χ1) is 11.0. The van der Waals surface area contributed by atoms with E-state index in [2.05, 4.69) is 0 Å². The maximum atomic E-state index is 12.0. The fourth-order valence-electron chi connectivity index (χ4n) is 4.42. The molecule has 0 radical (unpaired) electrons. The number of aliphatic carboxylic acids is 3. The van der Waals surface area contributed by atoms with Gasteiger partial charge in [0.2, 0.25) is 5.54 Å². The van der Waals surface area contributed by atoms with Crippen molar-refractivity contribution >= 4 is 17.9 Å². The van der Waals surface area contributed by atoms with E-state index in [0.29, 0.717) is 0 Å². The lowest BCUT2D eigenvalue weighted by Gasteiger charge is -2.59. The summed E-state index contributed by atoms with van der Waals surface area (Å²) in [5.74, 6) is -4.40. The van der Waals surface area contributed by atoms with Crippen LogP contribution in [0.4, 0.5) is 0 Å². The molecule has 0 saturated heterocycles. The average molecular weight is 360 g/mol. The quantitative estimate of drug-likeness (QED) is 0.406. The van der Waals surface area contributed by atoms with E-state index in [1.807, 2.05) is 0 Å². The van der Waals surface area contributed by atoms with Gasteiger partial charge in [-0.05, 0) is 23.7 Å². The summed E-state index contributed by atoms with van der Waals surface area (Å²) in [7, 11) is 0. The number of carboxylic acids is 3. The maximum Gasteiger partial charge on any atom is 0.336 e. The van der Waals surface area contributed by atoms with Crippen LogP contribution in [0, 0.1) is 16.2 Å². The molecule has 0 amide bonds. The van der Waals surface area contributed by atoms with Crippen LogP contribution in [0.15, 0.2) is 0 Å². The SMILES string of the molecule is CC(C)(C)C(CCCC(N)C(=O)O)(C(C)(C)C)C(N)(C(=O)O)C(=O)O. The summed E-state index contributed by atoms with van der Waals surface area (Å²) >= 11 is 0. The Morgan fingerprint density at radius 3 is 1.48 bits per heavy atom. The van der Waals surface area contributed by atoms with Crippen molar-refractivity contribution in [1.82, 2.24) is 0 Å². The molecular weight excluding hydrogens is 328 g/mol. The van der Waals surface area contributed by atoms with Crippen molar-refractivity contribution in [3.05, 3.63) is 0 Å². The smallest absolute Gasteiger partial charge is 0.336 e. The van der Waals surface area contributed by atoms with Crippen LogP contribution in [0.3, 0.4) is 0 Å². The van der Waals surface area contributed by atoms with Crippen LogP contribution >= 0.6 is 0 Å². The summed E-state index contributed by atoms with van der Waals surface area (Å²) in [6.07, 6.45) is 0.441. The zero-order chi connectivity index (χ0) is 20.4. The summed E-state index contributed by atoms with van der Waals surface area (Å²) in [5, 5.41) is 28.4. The summed E-state index contributed by atoms with van der Waals surface area (Å²) in [6.45, 7) is 10.5. The Morgan fingerprint density at radius 1 is 0.880 bits per heavy atom. The zero-order valence-corrected chi connectivity index (χ0v) is 15.9. The predicted molar refractivity (Wildman–Crippen MR) is 93.0 cm³/mol. The van der Waals surface area contributed by atoms with Crippen molar-refractivity contribution < 1.29 is 29.7 Å². The minimum atomic E-state index is -2.54. The Morgan fingerprint density at radius 2 is 1.24 bits per heavy atom. The van der Waals surface area contributed by atoms with Crippen LogP contribution in [0.25, 0.3) is 0 Å². The highest BCUT2D eigenvalue weighted by Gasteiger charge is 2.68. The molecule has 0 aliphatic rings. The van der Waals surface area contributed by atoms with Crippen LogP contribution in [-0.4, -0.2) is 44.8 Å². The van der Waals surface area contributed by atoms with Gasteiger partial charge in [-0.2, -0.15) is 0 Å². The number of nitrogens with two attached hydrogens (primary N) is 2. The lowest BCUT2D eigenvalue weighted by atomic mass is 9.44. The predicted octanol–water partition coefficient (Wildman–Crippen LogP) is 1.51. The Labute approximate surface area is 148 Å². The molecule has 8 nitrogen and oxygen atoms in total. The highest BCUT2D eigenvalue weighted by atomic mass is 16.4. The molecule has 0 aliphatic carbocycles. The maximum absolute atomic E-state index is 12.0. The topological polar surface area (TPSA) is 164 Å². The number of hydrogen-bond donors (Lipinski definition) is 5. The van der Waals surface area contributed by atoms with E-state index in [-0.39, 0.29) is 19.3 Å². The molecule has 146 valence electrons. The van der Waals surface area contributed by atoms with Gasteiger partial charge in [0, 0.05) is 5.41 Å². The normalized spacial score (nSPS) is 14.9. The molecule has 1 unspecified atom stereocenters. The second-order valence-electron chi connectivity index (χ2n) is 8.66. The van der Waals surface area contributed by atoms with Gasteiger partial charge in [-0.25, -0.2) is 9.59 Å². The van der Waals surface area contributed by atoms with Gasteiger partial charge in [0.25, 0.3) is 0 Å². The Kier molecular flexibility index (Phi) is 6.80. The summed E-state index contributed by atoms with van der Waals surface area (Å²) in [6, 6.07) is -1.10. The Bertz CT molecular complexity index is 502. The minimum absolute atomic E-state index is 0.0958. The highest BCUT2D eigenvalue weighted by molar-refractivity contribution is 6.04. The van der Waals surface area contributed by atoms with Crippen LogP contribution < -0.4 is 11.5 Å². The van der Waals surface area contributed by atoms with Crippen molar-refractivity contribution in [3.8, 4) is 0 Å². The van der Waals surface area contributed by atoms with Gasteiger partial charge >= 0.3 is 17.9 Å². The van der Waals surface area contributed by atoms with Crippen LogP contribution in [0.1, 0.15) is 60.8 Å². The van der Waals surface area contributed by atoms with E-state index >= 15 is 0 Å². The van der Waals surface area contributed by atoms with E-state index < -0.39 is 45.7 Å². The van der Waals surface area contributed by atoms with E-state index in [1.54, 1.807) is 41.5 Å². The van der Waals surface area contributed by atoms with Gasteiger partial charge in [0.05, 0.1) is 0 Å². The van der Waals surface area contributed by atoms with E-state index in [1.165, 1.54) is 0 Å². The molecule has 0 aromatic rings. The standard InChI is InChI=1S/C17H32N2O6/c1-14(2,3)16(15(4,5)6,9-7-8-10(18)11(20)21)17(19,12(22)23)13(24)25/h10H,7-9,18-19H2,1-6H3,(H,20,21)(H,22,23)(H,24,25). The lowest BCUT2D eigenvalue weighted by Crippen LogP contribution is -2.73. The average Bonchev–Trinajstić information content (AvgIpc) is 2.38. The summed E-state index contributed by atoms with van der Waals surface area (Å²) in [4.78, 5) is 34.9. The molecule has 25 heavy (non-hydrogen) atoms. The number of carboxylic acid groups (broad SMARTS) is 3. The molecule has 7 N–H and O–H groups in total. The van der Waals surface area contributed by atoms with Gasteiger partial charge in [-0.3, -0.25) is 4.79 Å². The van der Waals surface area contributed by atoms with Crippen molar-refractivity contribution in [2.45, 2.75) is 72.4 Å². The molecule has 0 bridgehead atoms. The molecule has 0 spiro atoms. The van der Waals surface area contributed by atoms with E-state index in [9.17, 15) is 24.6 Å². The summed E-state index contributed by atoms with van der Waals surface area (Å²) in [5.41, 5.74) is 6.07. The highest BCUT2D eigenvalue weighted by Crippen LogP contribution is 2.60. The first kappa shape index (κ1) is 23.3. The molecule has 0 fully saturated rings. The molecule has 8 heteroatoms. The van der Waals surface area contributed by atoms with Crippen LogP contribution in [0.2, 0.25) is 0 Å². The third kappa shape index (κ3) is 3.95.